The summed E-state index contributed by atoms with van der Waals surface area (Å²) in [5.74, 6) is 1.64. The molecule has 0 bridgehead atoms. The van der Waals surface area contributed by atoms with E-state index in [0.717, 1.165) is 70.7 Å². The van der Waals surface area contributed by atoms with Crippen LogP contribution < -0.4 is 5.32 Å². The maximum atomic E-state index is 12.8. The van der Waals surface area contributed by atoms with Crippen molar-refractivity contribution in [3.63, 3.8) is 0 Å². The summed E-state index contributed by atoms with van der Waals surface area (Å²) < 4.78 is 5.48. The second kappa shape index (κ2) is 8.90. The van der Waals surface area contributed by atoms with Gasteiger partial charge in [0.25, 0.3) is 5.91 Å². The number of pyridine rings is 1. The molecule has 1 N–H and O–H groups in total. The van der Waals surface area contributed by atoms with Gasteiger partial charge in [-0.15, -0.1) is 0 Å². The number of hydrogen-bond acceptors (Lipinski definition) is 5. The first-order valence-electron chi connectivity index (χ1n) is 10.6. The average Bonchev–Trinajstić information content (AvgIpc) is 3.14. The molecule has 0 radical (unpaired) electrons. The van der Waals surface area contributed by atoms with E-state index < -0.39 is 0 Å². The average molecular weight is 386 g/mol. The van der Waals surface area contributed by atoms with Crippen molar-refractivity contribution in [3.05, 3.63) is 23.9 Å². The van der Waals surface area contributed by atoms with Gasteiger partial charge in [-0.25, -0.2) is 4.98 Å². The summed E-state index contributed by atoms with van der Waals surface area (Å²) in [6.07, 6.45) is 7.43. The number of likely N-dealkylation sites (tertiary alicyclic amines) is 2. The quantitative estimate of drug-likeness (QED) is 0.839. The summed E-state index contributed by atoms with van der Waals surface area (Å²) in [7, 11) is 0. The van der Waals surface area contributed by atoms with Crippen molar-refractivity contribution in [1.82, 2.24) is 14.8 Å². The van der Waals surface area contributed by atoms with E-state index in [9.17, 15) is 9.59 Å². The van der Waals surface area contributed by atoms with Crippen LogP contribution in [0.15, 0.2) is 18.3 Å². The summed E-state index contributed by atoms with van der Waals surface area (Å²) in [6.45, 7) is 4.81. The Morgan fingerprint density at radius 2 is 2.04 bits per heavy atom. The first kappa shape index (κ1) is 19.2. The standard InChI is InChI=1S/C21H30N4O3/c26-20-4-1-9-25(20)14-16-7-10-24(11-8-16)21(27)17-5-6-19(22-13-17)23-18-3-2-12-28-15-18/h5-6,13,16,18H,1-4,7-12,14-15H2,(H,22,23). The van der Waals surface area contributed by atoms with E-state index in [4.69, 9.17) is 4.74 Å². The number of carbonyl (C=O) groups is 2. The Balaban J connectivity index is 1.26. The highest BCUT2D eigenvalue weighted by Gasteiger charge is 2.28. The number of carbonyl (C=O) groups excluding carboxylic acids is 2. The van der Waals surface area contributed by atoms with Crippen LogP contribution in [-0.4, -0.2) is 72.0 Å². The second-order valence-electron chi connectivity index (χ2n) is 8.17. The fourth-order valence-corrected chi connectivity index (χ4v) is 4.38. The molecule has 28 heavy (non-hydrogen) atoms. The van der Waals surface area contributed by atoms with Crippen molar-refractivity contribution in [2.45, 2.75) is 44.6 Å². The van der Waals surface area contributed by atoms with Crippen LogP contribution in [0.25, 0.3) is 0 Å². The summed E-state index contributed by atoms with van der Waals surface area (Å²) >= 11 is 0. The number of piperidine rings is 1. The van der Waals surface area contributed by atoms with E-state index in [1.165, 1.54) is 0 Å². The molecule has 1 atom stereocenters. The van der Waals surface area contributed by atoms with Gasteiger partial charge < -0.3 is 19.9 Å². The van der Waals surface area contributed by atoms with Crippen molar-refractivity contribution in [1.29, 1.82) is 0 Å². The third kappa shape index (κ3) is 4.63. The minimum atomic E-state index is 0.0516. The molecule has 3 aliphatic rings. The molecule has 1 unspecified atom stereocenters. The van der Waals surface area contributed by atoms with E-state index in [-0.39, 0.29) is 11.8 Å². The number of amides is 2. The third-order valence-electron chi connectivity index (χ3n) is 6.07. The SMILES string of the molecule is O=C1CCCN1CC1CCN(C(=O)c2ccc(NC3CCCOC3)nc2)CC1. The molecule has 4 rings (SSSR count). The maximum absolute atomic E-state index is 12.8. The lowest BCUT2D eigenvalue weighted by molar-refractivity contribution is -0.128. The normalized spacial score (nSPS) is 23.9. The van der Waals surface area contributed by atoms with Crippen molar-refractivity contribution < 1.29 is 14.3 Å². The molecule has 4 heterocycles. The molecule has 2 amide bonds. The van der Waals surface area contributed by atoms with Crippen LogP contribution >= 0.6 is 0 Å². The molecule has 0 saturated carbocycles. The highest BCUT2D eigenvalue weighted by atomic mass is 16.5. The topological polar surface area (TPSA) is 74.8 Å². The molecule has 0 aromatic carbocycles. The van der Waals surface area contributed by atoms with E-state index in [1.807, 2.05) is 21.9 Å². The molecule has 1 aromatic rings. The van der Waals surface area contributed by atoms with Gasteiger partial charge >= 0.3 is 0 Å². The van der Waals surface area contributed by atoms with E-state index >= 15 is 0 Å². The molecular weight excluding hydrogens is 356 g/mol. The number of anilines is 1. The Morgan fingerprint density at radius 3 is 2.68 bits per heavy atom. The number of rotatable bonds is 5. The molecule has 0 aliphatic carbocycles. The zero-order chi connectivity index (χ0) is 19.3. The van der Waals surface area contributed by atoms with Gasteiger partial charge in [-0.05, 0) is 50.2 Å². The molecule has 1 aromatic heterocycles. The molecule has 3 aliphatic heterocycles. The fraction of sp³-hybridized carbons (Fsp3) is 0.667. The van der Waals surface area contributed by atoms with Crippen LogP contribution in [0.3, 0.4) is 0 Å². The Bertz CT molecular complexity index is 679. The predicted octanol–water partition coefficient (Wildman–Crippen LogP) is 2.15. The van der Waals surface area contributed by atoms with Crippen molar-refractivity contribution in [3.8, 4) is 0 Å². The van der Waals surface area contributed by atoms with Crippen LogP contribution in [0.5, 0.6) is 0 Å². The van der Waals surface area contributed by atoms with Gasteiger partial charge in [-0.3, -0.25) is 9.59 Å². The van der Waals surface area contributed by atoms with Crippen LogP contribution in [0.4, 0.5) is 5.82 Å². The molecule has 152 valence electrons. The lowest BCUT2D eigenvalue weighted by Gasteiger charge is -2.34. The minimum absolute atomic E-state index is 0.0516. The molecule has 7 heteroatoms. The Kier molecular flexibility index (Phi) is 6.10. The van der Waals surface area contributed by atoms with Crippen LogP contribution in [0.2, 0.25) is 0 Å². The number of hydrogen-bond donors (Lipinski definition) is 1. The highest BCUT2D eigenvalue weighted by molar-refractivity contribution is 5.94. The minimum Gasteiger partial charge on any atom is -0.379 e. The van der Waals surface area contributed by atoms with Gasteiger partial charge in [-0.1, -0.05) is 0 Å². The molecule has 7 nitrogen and oxygen atoms in total. The van der Waals surface area contributed by atoms with Crippen molar-refractivity contribution in [2.75, 3.05) is 44.7 Å². The van der Waals surface area contributed by atoms with Gasteiger partial charge in [-0.2, -0.15) is 0 Å². The zero-order valence-corrected chi connectivity index (χ0v) is 16.4. The smallest absolute Gasteiger partial charge is 0.255 e. The van der Waals surface area contributed by atoms with E-state index in [2.05, 4.69) is 10.3 Å². The summed E-state index contributed by atoms with van der Waals surface area (Å²) in [6, 6.07) is 4.04. The fourth-order valence-electron chi connectivity index (χ4n) is 4.38. The Morgan fingerprint density at radius 1 is 1.18 bits per heavy atom. The van der Waals surface area contributed by atoms with Gasteiger partial charge in [0, 0.05) is 45.4 Å². The van der Waals surface area contributed by atoms with Gasteiger partial charge in [0.1, 0.15) is 5.82 Å². The van der Waals surface area contributed by atoms with Crippen LogP contribution in [-0.2, 0) is 9.53 Å². The van der Waals surface area contributed by atoms with Gasteiger partial charge in [0.15, 0.2) is 0 Å². The first-order valence-corrected chi connectivity index (χ1v) is 10.6. The van der Waals surface area contributed by atoms with E-state index in [1.54, 1.807) is 6.20 Å². The predicted molar refractivity (Wildman–Crippen MR) is 106 cm³/mol. The lowest BCUT2D eigenvalue weighted by Crippen LogP contribution is -2.41. The number of aromatic nitrogens is 1. The number of nitrogens with zero attached hydrogens (tertiary/aromatic N) is 3. The zero-order valence-electron chi connectivity index (χ0n) is 16.4. The van der Waals surface area contributed by atoms with Crippen LogP contribution in [0.1, 0.15) is 48.9 Å². The molecule has 3 fully saturated rings. The van der Waals surface area contributed by atoms with Gasteiger partial charge in [0.05, 0.1) is 18.2 Å². The molecule has 0 spiro atoms. The molecular formula is C21H30N4O3. The maximum Gasteiger partial charge on any atom is 0.255 e. The highest BCUT2D eigenvalue weighted by Crippen LogP contribution is 2.22. The second-order valence-corrected chi connectivity index (χ2v) is 8.17. The Hall–Kier alpha value is -2.15. The van der Waals surface area contributed by atoms with Gasteiger partial charge in [0.2, 0.25) is 5.91 Å². The summed E-state index contributed by atoms with van der Waals surface area (Å²) in [5.41, 5.74) is 0.638. The monoisotopic (exact) mass is 386 g/mol. The number of nitrogens with one attached hydrogen (secondary N) is 1. The lowest BCUT2D eigenvalue weighted by atomic mass is 9.96. The summed E-state index contributed by atoms with van der Waals surface area (Å²) in [5, 5.41) is 3.38. The summed E-state index contributed by atoms with van der Waals surface area (Å²) in [4.78, 5) is 32.9. The largest absolute Gasteiger partial charge is 0.379 e. The van der Waals surface area contributed by atoms with E-state index in [0.29, 0.717) is 30.6 Å². The van der Waals surface area contributed by atoms with Crippen molar-refractivity contribution in [2.24, 2.45) is 5.92 Å². The first-order chi connectivity index (χ1) is 13.7. The van der Waals surface area contributed by atoms with Crippen LogP contribution in [0, 0.1) is 5.92 Å². The molecule has 3 saturated heterocycles. The number of ether oxygens (including phenoxy) is 1. The van der Waals surface area contributed by atoms with Crippen molar-refractivity contribution >= 4 is 17.6 Å². The Labute approximate surface area is 166 Å². The third-order valence-corrected chi connectivity index (χ3v) is 6.07.